The maximum absolute atomic E-state index is 13.8. The Bertz CT molecular complexity index is 1030. The molecule has 5 nitrogen and oxygen atoms in total. The van der Waals surface area contributed by atoms with E-state index in [1.165, 1.54) is 10.6 Å². The molecule has 0 fully saturated rings. The van der Waals surface area contributed by atoms with Crippen LogP contribution in [0.2, 0.25) is 0 Å². The molecule has 0 N–H and O–H groups in total. The van der Waals surface area contributed by atoms with Crippen molar-refractivity contribution in [2.75, 3.05) is 0 Å². The maximum Gasteiger partial charge on any atom is 0.332 e. The zero-order chi connectivity index (χ0) is 16.7. The standard InChI is InChI=1S/C17H16FN3O2/c1-10-8-11(2)19-15-14(10)16(22)21(17(23)20(15)3)9-12-6-4-5-7-13(12)18/h4-8H,9H2,1-3H3. The van der Waals surface area contributed by atoms with E-state index >= 15 is 0 Å². The van der Waals surface area contributed by atoms with Crippen molar-refractivity contribution in [2.45, 2.75) is 20.4 Å². The number of pyridine rings is 1. The number of hydrogen-bond acceptors (Lipinski definition) is 3. The van der Waals surface area contributed by atoms with Crippen LogP contribution in [0.1, 0.15) is 16.8 Å². The summed E-state index contributed by atoms with van der Waals surface area (Å²) in [7, 11) is 1.56. The van der Waals surface area contributed by atoms with Crippen LogP contribution in [0.3, 0.4) is 0 Å². The first-order chi connectivity index (χ1) is 10.9. The maximum atomic E-state index is 13.8. The van der Waals surface area contributed by atoms with E-state index in [9.17, 15) is 14.0 Å². The third-order valence-electron chi connectivity index (χ3n) is 3.91. The molecule has 0 bridgehead atoms. The fourth-order valence-corrected chi connectivity index (χ4v) is 2.75. The van der Waals surface area contributed by atoms with E-state index in [4.69, 9.17) is 0 Å². The monoisotopic (exact) mass is 313 g/mol. The summed E-state index contributed by atoms with van der Waals surface area (Å²) in [6.45, 7) is 3.50. The summed E-state index contributed by atoms with van der Waals surface area (Å²) >= 11 is 0. The quantitative estimate of drug-likeness (QED) is 0.726. The second kappa shape index (κ2) is 5.46. The average Bonchev–Trinajstić information content (AvgIpc) is 2.50. The summed E-state index contributed by atoms with van der Waals surface area (Å²) in [5.74, 6) is -0.444. The van der Waals surface area contributed by atoms with E-state index < -0.39 is 17.1 Å². The van der Waals surface area contributed by atoms with Gasteiger partial charge in [-0.15, -0.1) is 0 Å². The highest BCUT2D eigenvalue weighted by Crippen LogP contribution is 2.13. The van der Waals surface area contributed by atoms with Gasteiger partial charge in [-0.05, 0) is 31.5 Å². The molecule has 2 aromatic heterocycles. The summed E-state index contributed by atoms with van der Waals surface area (Å²) < 4.78 is 16.2. The molecular formula is C17H16FN3O2. The largest absolute Gasteiger partial charge is 0.332 e. The van der Waals surface area contributed by atoms with Crippen molar-refractivity contribution in [3.63, 3.8) is 0 Å². The lowest BCUT2D eigenvalue weighted by atomic mass is 10.1. The SMILES string of the molecule is Cc1cc(C)c2c(=O)n(Cc3ccccc3F)c(=O)n(C)c2n1. The Morgan fingerprint density at radius 2 is 1.87 bits per heavy atom. The Morgan fingerprint density at radius 1 is 1.17 bits per heavy atom. The van der Waals surface area contributed by atoms with Gasteiger partial charge in [-0.25, -0.2) is 14.2 Å². The molecule has 0 spiro atoms. The minimum absolute atomic E-state index is 0.110. The smallest absolute Gasteiger partial charge is 0.280 e. The van der Waals surface area contributed by atoms with E-state index in [0.717, 1.165) is 15.8 Å². The number of rotatable bonds is 2. The minimum Gasteiger partial charge on any atom is -0.280 e. The molecule has 1 aromatic carbocycles. The molecule has 6 heteroatoms. The highest BCUT2D eigenvalue weighted by Gasteiger charge is 2.15. The van der Waals surface area contributed by atoms with E-state index in [2.05, 4.69) is 4.98 Å². The van der Waals surface area contributed by atoms with Gasteiger partial charge in [-0.3, -0.25) is 13.9 Å². The Labute approximate surface area is 131 Å². The van der Waals surface area contributed by atoms with Crippen LogP contribution in [-0.4, -0.2) is 14.1 Å². The molecule has 3 aromatic rings. The number of aryl methyl sites for hydroxylation is 3. The van der Waals surface area contributed by atoms with Gasteiger partial charge in [0.1, 0.15) is 11.5 Å². The highest BCUT2D eigenvalue weighted by atomic mass is 19.1. The normalized spacial score (nSPS) is 11.1. The first kappa shape index (κ1) is 15.1. The number of benzene rings is 1. The summed E-state index contributed by atoms with van der Waals surface area (Å²) in [6.07, 6.45) is 0. The number of halogens is 1. The van der Waals surface area contributed by atoms with E-state index in [0.29, 0.717) is 16.6 Å². The number of nitrogens with zero attached hydrogens (tertiary/aromatic N) is 3. The lowest BCUT2D eigenvalue weighted by Crippen LogP contribution is -2.40. The second-order valence-corrected chi connectivity index (χ2v) is 5.60. The number of aromatic nitrogens is 3. The molecule has 2 heterocycles. The Balaban J connectivity index is 2.33. The third-order valence-corrected chi connectivity index (χ3v) is 3.91. The van der Waals surface area contributed by atoms with Crippen molar-refractivity contribution in [3.8, 4) is 0 Å². The summed E-state index contributed by atoms with van der Waals surface area (Å²) in [5.41, 5.74) is 1.16. The molecule has 0 unspecified atom stereocenters. The van der Waals surface area contributed by atoms with E-state index in [1.807, 2.05) is 6.92 Å². The minimum atomic E-state index is -0.511. The lowest BCUT2D eigenvalue weighted by Gasteiger charge is -2.12. The van der Waals surface area contributed by atoms with Crippen molar-refractivity contribution in [1.82, 2.24) is 14.1 Å². The van der Waals surface area contributed by atoms with Crippen LogP contribution < -0.4 is 11.2 Å². The zero-order valence-corrected chi connectivity index (χ0v) is 13.1. The predicted octanol–water partition coefficient (Wildman–Crippen LogP) is 1.90. The molecule has 0 aliphatic heterocycles. The van der Waals surface area contributed by atoms with Crippen molar-refractivity contribution < 1.29 is 4.39 Å². The van der Waals surface area contributed by atoms with Crippen LogP contribution in [-0.2, 0) is 13.6 Å². The zero-order valence-electron chi connectivity index (χ0n) is 13.1. The molecule has 0 saturated carbocycles. The third kappa shape index (κ3) is 2.46. The number of fused-ring (bicyclic) bond motifs is 1. The Morgan fingerprint density at radius 3 is 2.57 bits per heavy atom. The summed E-state index contributed by atoms with van der Waals surface area (Å²) in [5, 5.41) is 0.383. The summed E-state index contributed by atoms with van der Waals surface area (Å²) in [4.78, 5) is 29.5. The van der Waals surface area contributed by atoms with Gasteiger partial charge >= 0.3 is 5.69 Å². The van der Waals surface area contributed by atoms with Crippen LogP contribution in [0.15, 0.2) is 39.9 Å². The second-order valence-electron chi connectivity index (χ2n) is 5.60. The topological polar surface area (TPSA) is 56.9 Å². The predicted molar refractivity (Wildman–Crippen MR) is 86.2 cm³/mol. The molecular weight excluding hydrogens is 297 g/mol. The van der Waals surface area contributed by atoms with Gasteiger partial charge < -0.3 is 0 Å². The summed E-state index contributed by atoms with van der Waals surface area (Å²) in [6, 6.07) is 7.90. The van der Waals surface area contributed by atoms with Crippen molar-refractivity contribution in [3.05, 3.63) is 73.8 Å². The molecule has 0 amide bonds. The molecule has 118 valence electrons. The van der Waals surface area contributed by atoms with Gasteiger partial charge in [-0.2, -0.15) is 0 Å². The Hall–Kier alpha value is -2.76. The van der Waals surface area contributed by atoms with Crippen molar-refractivity contribution in [2.24, 2.45) is 7.05 Å². The Kier molecular flexibility index (Phi) is 3.60. The first-order valence-corrected chi connectivity index (χ1v) is 7.21. The fourth-order valence-electron chi connectivity index (χ4n) is 2.75. The van der Waals surface area contributed by atoms with Crippen LogP contribution in [0.25, 0.3) is 11.0 Å². The molecule has 23 heavy (non-hydrogen) atoms. The molecule has 0 radical (unpaired) electrons. The number of hydrogen-bond donors (Lipinski definition) is 0. The molecule has 0 aliphatic rings. The lowest BCUT2D eigenvalue weighted by molar-refractivity contribution is 0.582. The van der Waals surface area contributed by atoms with Crippen molar-refractivity contribution in [1.29, 1.82) is 0 Å². The van der Waals surface area contributed by atoms with Gasteiger partial charge in [0.05, 0.1) is 11.9 Å². The molecule has 0 saturated heterocycles. The molecule has 3 rings (SSSR count). The van der Waals surface area contributed by atoms with Crippen LogP contribution >= 0.6 is 0 Å². The first-order valence-electron chi connectivity index (χ1n) is 7.21. The fraction of sp³-hybridized carbons (Fsp3) is 0.235. The van der Waals surface area contributed by atoms with Gasteiger partial charge in [0, 0.05) is 18.3 Å². The van der Waals surface area contributed by atoms with Gasteiger partial charge in [-0.1, -0.05) is 18.2 Å². The van der Waals surface area contributed by atoms with Crippen LogP contribution in [0, 0.1) is 19.7 Å². The van der Waals surface area contributed by atoms with Crippen molar-refractivity contribution >= 4 is 11.0 Å². The molecule has 0 atom stereocenters. The average molecular weight is 313 g/mol. The van der Waals surface area contributed by atoms with E-state index in [-0.39, 0.29) is 6.54 Å². The van der Waals surface area contributed by atoms with Gasteiger partial charge in [0.15, 0.2) is 0 Å². The van der Waals surface area contributed by atoms with Crippen LogP contribution in [0.4, 0.5) is 4.39 Å². The van der Waals surface area contributed by atoms with Crippen LogP contribution in [0.5, 0.6) is 0 Å². The van der Waals surface area contributed by atoms with Gasteiger partial charge in [0.25, 0.3) is 5.56 Å². The van der Waals surface area contributed by atoms with E-state index in [1.54, 1.807) is 38.2 Å². The molecule has 0 aliphatic carbocycles. The van der Waals surface area contributed by atoms with Gasteiger partial charge in [0.2, 0.25) is 0 Å². The highest BCUT2D eigenvalue weighted by molar-refractivity contribution is 5.78.